The summed E-state index contributed by atoms with van der Waals surface area (Å²) in [4.78, 5) is 9.03. The summed E-state index contributed by atoms with van der Waals surface area (Å²) in [5.41, 5.74) is 8.64. The van der Waals surface area contributed by atoms with Crippen molar-refractivity contribution in [1.82, 2.24) is 9.97 Å². The molecule has 0 aliphatic carbocycles. The van der Waals surface area contributed by atoms with Crippen LogP contribution in [0, 0.1) is 6.92 Å². The number of fused-ring (bicyclic) bond motifs is 1. The molecule has 4 heteroatoms. The minimum atomic E-state index is 0.117. The van der Waals surface area contributed by atoms with E-state index in [9.17, 15) is 0 Å². The molecule has 4 nitrogen and oxygen atoms in total. The molecule has 0 fully saturated rings. The SMILES string of the molecule is Cc1cc(CN)nc(C2COc3ccccc32)n1. The Kier molecular flexibility index (Phi) is 2.72. The van der Waals surface area contributed by atoms with Crippen LogP contribution in [-0.2, 0) is 6.54 Å². The number of benzene rings is 1. The van der Waals surface area contributed by atoms with Crippen molar-refractivity contribution in [2.45, 2.75) is 19.4 Å². The van der Waals surface area contributed by atoms with Gasteiger partial charge in [0.15, 0.2) is 0 Å². The molecule has 0 spiro atoms. The molecule has 1 aliphatic heterocycles. The first kappa shape index (κ1) is 11.2. The summed E-state index contributed by atoms with van der Waals surface area (Å²) < 4.78 is 5.67. The van der Waals surface area contributed by atoms with E-state index in [1.165, 1.54) is 0 Å². The van der Waals surface area contributed by atoms with Gasteiger partial charge >= 0.3 is 0 Å². The molecule has 2 N–H and O–H groups in total. The Labute approximate surface area is 106 Å². The second-order valence-electron chi connectivity index (χ2n) is 4.46. The first-order valence-electron chi connectivity index (χ1n) is 6.04. The minimum absolute atomic E-state index is 0.117. The topological polar surface area (TPSA) is 61.0 Å². The van der Waals surface area contributed by atoms with Crippen LogP contribution < -0.4 is 10.5 Å². The number of nitrogens with zero attached hydrogens (tertiary/aromatic N) is 2. The molecule has 1 aromatic carbocycles. The largest absolute Gasteiger partial charge is 0.492 e. The number of aromatic nitrogens is 2. The zero-order valence-corrected chi connectivity index (χ0v) is 10.3. The van der Waals surface area contributed by atoms with Gasteiger partial charge in [0, 0.05) is 17.8 Å². The first-order valence-corrected chi connectivity index (χ1v) is 6.04. The van der Waals surface area contributed by atoms with Crippen LogP contribution in [0.4, 0.5) is 0 Å². The third-order valence-corrected chi connectivity index (χ3v) is 3.15. The van der Waals surface area contributed by atoms with Crippen molar-refractivity contribution >= 4 is 0 Å². The Hall–Kier alpha value is -1.94. The summed E-state index contributed by atoms with van der Waals surface area (Å²) in [5, 5.41) is 0. The van der Waals surface area contributed by atoms with Crippen LogP contribution in [0.15, 0.2) is 30.3 Å². The maximum Gasteiger partial charge on any atom is 0.139 e. The highest BCUT2D eigenvalue weighted by atomic mass is 16.5. The van der Waals surface area contributed by atoms with Crippen molar-refractivity contribution in [2.24, 2.45) is 5.73 Å². The molecule has 1 unspecified atom stereocenters. The van der Waals surface area contributed by atoms with Crippen molar-refractivity contribution in [3.05, 3.63) is 53.1 Å². The van der Waals surface area contributed by atoms with E-state index in [-0.39, 0.29) is 5.92 Å². The molecule has 1 atom stereocenters. The molecule has 0 saturated carbocycles. The standard InChI is InChI=1S/C14H15N3O/c1-9-6-10(7-15)17-14(16-9)12-8-18-13-5-3-2-4-11(12)13/h2-6,12H,7-8,15H2,1H3. The second kappa shape index (κ2) is 4.38. The summed E-state index contributed by atoms with van der Waals surface area (Å²) in [6.07, 6.45) is 0. The summed E-state index contributed by atoms with van der Waals surface area (Å²) in [7, 11) is 0. The second-order valence-corrected chi connectivity index (χ2v) is 4.46. The molecule has 18 heavy (non-hydrogen) atoms. The van der Waals surface area contributed by atoms with Crippen LogP contribution in [0.3, 0.4) is 0 Å². The van der Waals surface area contributed by atoms with Gasteiger partial charge in [0.05, 0.1) is 11.6 Å². The van der Waals surface area contributed by atoms with Crippen molar-refractivity contribution in [3.63, 3.8) is 0 Å². The third-order valence-electron chi connectivity index (χ3n) is 3.15. The number of aryl methyl sites for hydroxylation is 1. The van der Waals surface area contributed by atoms with Gasteiger partial charge in [-0.25, -0.2) is 9.97 Å². The van der Waals surface area contributed by atoms with Crippen LogP contribution >= 0.6 is 0 Å². The lowest BCUT2D eigenvalue weighted by atomic mass is 10.0. The Morgan fingerprint density at radius 2 is 2.17 bits per heavy atom. The van der Waals surface area contributed by atoms with Gasteiger partial charge < -0.3 is 10.5 Å². The Morgan fingerprint density at radius 3 is 3.00 bits per heavy atom. The lowest BCUT2D eigenvalue weighted by Crippen LogP contribution is -2.12. The first-order chi connectivity index (χ1) is 8.78. The van der Waals surface area contributed by atoms with E-state index >= 15 is 0 Å². The van der Waals surface area contributed by atoms with Gasteiger partial charge in [0.1, 0.15) is 18.2 Å². The number of hydrogen-bond acceptors (Lipinski definition) is 4. The zero-order chi connectivity index (χ0) is 12.5. The predicted molar refractivity (Wildman–Crippen MR) is 68.4 cm³/mol. The van der Waals surface area contributed by atoms with Crippen molar-refractivity contribution < 1.29 is 4.74 Å². The van der Waals surface area contributed by atoms with E-state index in [2.05, 4.69) is 16.0 Å². The number of rotatable bonds is 2. The molecule has 0 radical (unpaired) electrons. The fraction of sp³-hybridized carbons (Fsp3) is 0.286. The molecule has 0 bridgehead atoms. The maximum absolute atomic E-state index is 5.67. The maximum atomic E-state index is 5.67. The Bertz CT molecular complexity index is 583. The van der Waals surface area contributed by atoms with Gasteiger partial charge in [-0.15, -0.1) is 0 Å². The fourth-order valence-corrected chi connectivity index (χ4v) is 2.30. The van der Waals surface area contributed by atoms with Crippen molar-refractivity contribution in [2.75, 3.05) is 6.61 Å². The molecule has 1 aromatic heterocycles. The van der Waals surface area contributed by atoms with Crippen LogP contribution in [0.2, 0.25) is 0 Å². The number of nitrogens with two attached hydrogens (primary N) is 1. The highest BCUT2D eigenvalue weighted by Crippen LogP contribution is 2.36. The Balaban J connectivity index is 2.04. The molecular weight excluding hydrogens is 226 g/mol. The van der Waals surface area contributed by atoms with Crippen molar-refractivity contribution in [1.29, 1.82) is 0 Å². The van der Waals surface area contributed by atoms with Crippen LogP contribution in [0.25, 0.3) is 0 Å². The molecule has 0 saturated heterocycles. The van der Waals surface area contributed by atoms with Gasteiger partial charge in [-0.3, -0.25) is 0 Å². The molecule has 2 aromatic rings. The quantitative estimate of drug-likeness (QED) is 0.870. The number of ether oxygens (including phenoxy) is 1. The Morgan fingerprint density at radius 1 is 1.33 bits per heavy atom. The average molecular weight is 241 g/mol. The van der Waals surface area contributed by atoms with E-state index in [0.29, 0.717) is 13.2 Å². The summed E-state index contributed by atoms with van der Waals surface area (Å²) in [6, 6.07) is 9.96. The zero-order valence-electron chi connectivity index (χ0n) is 10.3. The number of hydrogen-bond donors (Lipinski definition) is 1. The van der Waals surface area contributed by atoms with Crippen molar-refractivity contribution in [3.8, 4) is 5.75 Å². The van der Waals surface area contributed by atoms with E-state index < -0.39 is 0 Å². The molecular formula is C14H15N3O. The van der Waals surface area contributed by atoms with E-state index in [1.54, 1.807) is 0 Å². The summed E-state index contributed by atoms with van der Waals surface area (Å²) in [6.45, 7) is 3.00. The van der Waals surface area contributed by atoms with Gasteiger partial charge in [0.2, 0.25) is 0 Å². The molecule has 0 amide bonds. The fourth-order valence-electron chi connectivity index (χ4n) is 2.30. The highest BCUT2D eigenvalue weighted by Gasteiger charge is 2.27. The van der Waals surface area contributed by atoms with Crippen LogP contribution in [0.5, 0.6) is 5.75 Å². The van der Waals surface area contributed by atoms with Gasteiger partial charge in [-0.1, -0.05) is 18.2 Å². The number of para-hydroxylation sites is 1. The normalized spacial score (nSPS) is 17.3. The monoisotopic (exact) mass is 241 g/mol. The minimum Gasteiger partial charge on any atom is -0.492 e. The molecule has 92 valence electrons. The van der Waals surface area contributed by atoms with Gasteiger partial charge in [-0.05, 0) is 19.1 Å². The lowest BCUT2D eigenvalue weighted by molar-refractivity contribution is 0.339. The van der Waals surface area contributed by atoms with Crippen LogP contribution in [-0.4, -0.2) is 16.6 Å². The van der Waals surface area contributed by atoms with Gasteiger partial charge in [0.25, 0.3) is 0 Å². The molecule has 2 heterocycles. The third kappa shape index (κ3) is 1.84. The summed E-state index contributed by atoms with van der Waals surface area (Å²) in [5.74, 6) is 1.86. The van der Waals surface area contributed by atoms with E-state index in [1.807, 2.05) is 31.2 Å². The van der Waals surface area contributed by atoms with E-state index in [4.69, 9.17) is 10.5 Å². The average Bonchev–Trinajstić information content (AvgIpc) is 2.81. The predicted octanol–water partition coefficient (Wildman–Crippen LogP) is 1.77. The lowest BCUT2D eigenvalue weighted by Gasteiger charge is -2.09. The highest BCUT2D eigenvalue weighted by molar-refractivity contribution is 5.42. The smallest absolute Gasteiger partial charge is 0.139 e. The van der Waals surface area contributed by atoms with Crippen LogP contribution in [0.1, 0.15) is 28.7 Å². The molecule has 1 aliphatic rings. The molecule has 3 rings (SSSR count). The van der Waals surface area contributed by atoms with Gasteiger partial charge in [-0.2, -0.15) is 0 Å². The van der Waals surface area contributed by atoms with E-state index in [0.717, 1.165) is 28.5 Å². The summed E-state index contributed by atoms with van der Waals surface area (Å²) >= 11 is 0.